The zero-order chi connectivity index (χ0) is 20.7. The van der Waals surface area contributed by atoms with Crippen LogP contribution in [0.15, 0.2) is 12.1 Å². The van der Waals surface area contributed by atoms with Crippen molar-refractivity contribution < 1.29 is 18.9 Å². The van der Waals surface area contributed by atoms with E-state index in [0.717, 1.165) is 5.56 Å². The van der Waals surface area contributed by atoms with Crippen molar-refractivity contribution in [2.45, 2.75) is 84.7 Å². The second-order valence-corrected chi connectivity index (χ2v) is 19.7. The number of hydrogen-bond acceptors (Lipinski definition) is 4. The topological polar surface area (TPSA) is 58.9 Å². The Labute approximate surface area is 162 Å². The fraction of sp³-hybridized carbons (Fsp3) is 0.684. The Morgan fingerprint density at radius 2 is 1.23 bits per heavy atom. The maximum atomic E-state index is 9.84. The molecule has 0 unspecified atom stereocenters. The molecule has 0 fully saturated rings. The number of benzene rings is 1. The fourth-order valence-corrected chi connectivity index (χ4v) is 4.07. The summed E-state index contributed by atoms with van der Waals surface area (Å²) in [5, 5.41) is 19.8. The van der Waals surface area contributed by atoms with Crippen LogP contribution in [-0.2, 0) is 0 Å². The van der Waals surface area contributed by atoms with Gasteiger partial charge >= 0.3 is 7.12 Å². The summed E-state index contributed by atoms with van der Waals surface area (Å²) in [5.41, 5.74) is 1.20. The van der Waals surface area contributed by atoms with Gasteiger partial charge in [0.15, 0.2) is 0 Å². The summed E-state index contributed by atoms with van der Waals surface area (Å²) < 4.78 is 12.9. The van der Waals surface area contributed by atoms with Crippen molar-refractivity contribution in [3.05, 3.63) is 17.7 Å². The Hall–Kier alpha value is -0.761. The number of hydrogen-bond donors (Lipinski definition) is 2. The van der Waals surface area contributed by atoms with Crippen molar-refractivity contribution in [2.75, 3.05) is 0 Å². The molecule has 0 saturated carbocycles. The molecule has 0 heterocycles. The Balaban J connectivity index is 3.42. The van der Waals surface area contributed by atoms with E-state index in [1.165, 1.54) is 0 Å². The summed E-state index contributed by atoms with van der Waals surface area (Å²) >= 11 is 0. The molecule has 26 heavy (non-hydrogen) atoms. The van der Waals surface area contributed by atoms with E-state index >= 15 is 0 Å². The first-order chi connectivity index (χ1) is 11.4. The lowest BCUT2D eigenvalue weighted by Gasteiger charge is -2.38. The van der Waals surface area contributed by atoms with Crippen LogP contribution in [0, 0.1) is 6.92 Å². The van der Waals surface area contributed by atoms with E-state index in [4.69, 9.17) is 8.85 Å². The predicted molar refractivity (Wildman–Crippen MR) is 117 cm³/mol. The highest BCUT2D eigenvalue weighted by Gasteiger charge is 2.41. The van der Waals surface area contributed by atoms with Crippen molar-refractivity contribution in [1.82, 2.24) is 0 Å². The third-order valence-corrected chi connectivity index (χ3v) is 14.7. The molecule has 0 amide bonds. The molecule has 0 saturated heterocycles. The van der Waals surface area contributed by atoms with Crippen LogP contribution in [0.4, 0.5) is 0 Å². The van der Waals surface area contributed by atoms with Gasteiger partial charge in [-0.25, -0.2) is 0 Å². The van der Waals surface area contributed by atoms with Gasteiger partial charge in [0.1, 0.15) is 11.5 Å². The molecule has 0 radical (unpaired) electrons. The molecule has 0 aliphatic rings. The van der Waals surface area contributed by atoms with Crippen LogP contribution in [0.1, 0.15) is 47.1 Å². The molecule has 4 nitrogen and oxygen atoms in total. The van der Waals surface area contributed by atoms with Crippen molar-refractivity contribution in [1.29, 1.82) is 0 Å². The maximum Gasteiger partial charge on any atom is 0.488 e. The predicted octanol–water partition coefficient (Wildman–Crippen LogP) is 4.44. The second kappa shape index (κ2) is 7.34. The molecule has 0 spiro atoms. The molecule has 0 aromatic heterocycles. The van der Waals surface area contributed by atoms with E-state index in [2.05, 4.69) is 67.7 Å². The molecule has 1 aromatic carbocycles. The summed E-state index contributed by atoms with van der Waals surface area (Å²) in [7, 11) is -5.66. The van der Waals surface area contributed by atoms with Gasteiger partial charge in [0.2, 0.25) is 16.6 Å². The van der Waals surface area contributed by atoms with Crippen LogP contribution in [-0.4, -0.2) is 33.8 Å². The summed E-state index contributed by atoms with van der Waals surface area (Å²) in [4.78, 5) is 0. The Bertz CT molecular complexity index is 644. The highest BCUT2D eigenvalue weighted by atomic mass is 28.4. The minimum absolute atomic E-state index is 0.0493. The van der Waals surface area contributed by atoms with Gasteiger partial charge in [-0.15, -0.1) is 0 Å². The summed E-state index contributed by atoms with van der Waals surface area (Å²) in [6.45, 7) is 23.7. The normalized spacial score (nSPS) is 13.6. The van der Waals surface area contributed by atoms with Gasteiger partial charge in [0.05, 0.1) is 0 Å². The quantitative estimate of drug-likeness (QED) is 0.723. The maximum absolute atomic E-state index is 9.84. The van der Waals surface area contributed by atoms with Crippen LogP contribution < -0.4 is 14.3 Å². The molecule has 7 heteroatoms. The van der Waals surface area contributed by atoms with E-state index in [1.54, 1.807) is 6.07 Å². The largest absolute Gasteiger partial charge is 0.543 e. The standard InChI is InChI=1S/C19H37BO4Si2/c1-14-16(20(21)22)12-15(23-25(8,9)18(2,3)4)13-17(14)24-26(10,11)19(5,6)7/h12-13,21-22H,1-11H3. The molecular weight excluding hydrogens is 359 g/mol. The highest BCUT2D eigenvalue weighted by molar-refractivity contribution is 6.75. The van der Waals surface area contributed by atoms with Crippen LogP contribution in [0.3, 0.4) is 0 Å². The van der Waals surface area contributed by atoms with Gasteiger partial charge in [-0.1, -0.05) is 41.5 Å². The first-order valence-corrected chi connectivity index (χ1v) is 15.1. The lowest BCUT2D eigenvalue weighted by molar-refractivity contribution is 0.424. The second-order valence-electron chi connectivity index (χ2n) is 10.2. The third-order valence-electron chi connectivity index (χ3n) is 6.00. The van der Waals surface area contributed by atoms with Crippen LogP contribution in [0.25, 0.3) is 0 Å². The lowest BCUT2D eigenvalue weighted by atomic mass is 9.77. The lowest BCUT2D eigenvalue weighted by Crippen LogP contribution is -2.45. The first-order valence-electron chi connectivity index (χ1n) is 9.28. The van der Waals surface area contributed by atoms with Crippen LogP contribution in [0.2, 0.25) is 36.3 Å². The van der Waals surface area contributed by atoms with Crippen LogP contribution >= 0.6 is 0 Å². The zero-order valence-corrected chi connectivity index (χ0v) is 20.4. The van der Waals surface area contributed by atoms with Crippen molar-refractivity contribution >= 4 is 29.2 Å². The molecule has 0 bridgehead atoms. The monoisotopic (exact) mass is 396 g/mol. The van der Waals surface area contributed by atoms with Gasteiger partial charge in [-0.2, -0.15) is 0 Å². The molecule has 2 N–H and O–H groups in total. The molecule has 0 atom stereocenters. The Morgan fingerprint density at radius 1 is 0.808 bits per heavy atom. The molecule has 0 aliphatic heterocycles. The molecule has 0 aliphatic carbocycles. The zero-order valence-electron chi connectivity index (χ0n) is 18.4. The summed E-state index contributed by atoms with van der Waals surface area (Å²) in [5.74, 6) is 1.34. The SMILES string of the molecule is Cc1c(O[Si](C)(C)C(C)(C)C)cc(O[Si](C)(C)C(C)(C)C)cc1B(O)O. The van der Waals surface area contributed by atoms with Gasteiger partial charge in [0.25, 0.3) is 0 Å². The van der Waals surface area contributed by atoms with Gasteiger partial charge in [0, 0.05) is 6.07 Å². The summed E-state index contributed by atoms with van der Waals surface area (Å²) in [6.07, 6.45) is 0. The average molecular weight is 396 g/mol. The van der Waals surface area contributed by atoms with E-state index in [9.17, 15) is 10.0 Å². The van der Waals surface area contributed by atoms with E-state index in [1.807, 2.05) is 13.0 Å². The van der Waals surface area contributed by atoms with E-state index in [-0.39, 0.29) is 10.1 Å². The van der Waals surface area contributed by atoms with E-state index in [0.29, 0.717) is 17.0 Å². The minimum atomic E-state index is -2.06. The van der Waals surface area contributed by atoms with E-state index < -0.39 is 23.8 Å². The first kappa shape index (κ1) is 23.3. The molecule has 148 valence electrons. The van der Waals surface area contributed by atoms with Crippen molar-refractivity contribution in [3.8, 4) is 11.5 Å². The van der Waals surface area contributed by atoms with Crippen molar-refractivity contribution in [3.63, 3.8) is 0 Å². The Morgan fingerprint density at radius 3 is 1.62 bits per heavy atom. The minimum Gasteiger partial charge on any atom is -0.543 e. The van der Waals surface area contributed by atoms with Gasteiger partial charge < -0.3 is 18.9 Å². The number of rotatable bonds is 5. The highest BCUT2D eigenvalue weighted by Crippen LogP contribution is 2.40. The fourth-order valence-electron chi connectivity index (χ4n) is 1.99. The third kappa shape index (κ3) is 5.15. The average Bonchev–Trinajstić information content (AvgIpc) is 2.38. The smallest absolute Gasteiger partial charge is 0.488 e. The van der Waals surface area contributed by atoms with Crippen molar-refractivity contribution in [2.24, 2.45) is 0 Å². The van der Waals surface area contributed by atoms with Gasteiger partial charge in [-0.05, 0) is 60.3 Å². The Kier molecular flexibility index (Phi) is 6.57. The molecular formula is C19H37BO4Si2. The van der Waals surface area contributed by atoms with Gasteiger partial charge in [-0.3, -0.25) is 0 Å². The van der Waals surface area contributed by atoms with Crippen LogP contribution in [0.5, 0.6) is 11.5 Å². The summed E-state index contributed by atoms with van der Waals surface area (Å²) in [6, 6.07) is 3.65. The molecule has 1 rings (SSSR count). The molecule has 1 aromatic rings.